The van der Waals surface area contributed by atoms with Crippen molar-refractivity contribution in [3.05, 3.63) is 35.9 Å². The Morgan fingerprint density at radius 2 is 2.09 bits per heavy atom. The number of carbonyl (C=O) groups excluding carboxylic acids is 1. The van der Waals surface area contributed by atoms with Gasteiger partial charge in [0.05, 0.1) is 6.04 Å². The molecule has 120 valence electrons. The summed E-state index contributed by atoms with van der Waals surface area (Å²) in [6.07, 6.45) is 0.984. The van der Waals surface area contributed by atoms with Crippen molar-refractivity contribution in [2.24, 2.45) is 0 Å². The van der Waals surface area contributed by atoms with Crippen LogP contribution in [0.2, 0.25) is 0 Å². The number of amides is 1. The van der Waals surface area contributed by atoms with Gasteiger partial charge in [-0.05, 0) is 30.7 Å². The quantitative estimate of drug-likeness (QED) is 0.889. The highest BCUT2D eigenvalue weighted by atomic mass is 19.1. The Labute approximate surface area is 132 Å². The van der Waals surface area contributed by atoms with E-state index in [-0.39, 0.29) is 23.6 Å². The molecule has 1 saturated heterocycles. The van der Waals surface area contributed by atoms with Gasteiger partial charge >= 0.3 is 0 Å². The third-order valence-electron chi connectivity index (χ3n) is 4.08. The first-order valence-electron chi connectivity index (χ1n) is 7.69. The second kappa shape index (κ2) is 5.53. The summed E-state index contributed by atoms with van der Waals surface area (Å²) in [6, 6.07) is 6.37. The summed E-state index contributed by atoms with van der Waals surface area (Å²) in [5, 5.41) is 10.7. The average Bonchev–Trinajstić information content (AvgIpc) is 2.96. The van der Waals surface area contributed by atoms with Crippen LogP contribution in [0.25, 0.3) is 0 Å². The van der Waals surface area contributed by atoms with Gasteiger partial charge in [0.2, 0.25) is 11.8 Å². The number of rotatable bonds is 3. The molecule has 0 spiro atoms. The van der Waals surface area contributed by atoms with Gasteiger partial charge in [-0.1, -0.05) is 0 Å². The zero-order valence-electron chi connectivity index (χ0n) is 12.5. The monoisotopic (exact) mass is 316 g/mol. The lowest BCUT2D eigenvalue weighted by atomic mass is 10.1. The minimum atomic E-state index is -0.260. The van der Waals surface area contributed by atoms with Crippen LogP contribution in [0.4, 0.5) is 16.0 Å². The van der Waals surface area contributed by atoms with Crippen molar-refractivity contribution < 1.29 is 9.18 Å². The number of halogens is 1. The van der Waals surface area contributed by atoms with Crippen LogP contribution in [-0.2, 0) is 6.54 Å². The predicted molar refractivity (Wildman–Crippen MR) is 82.8 cm³/mol. The van der Waals surface area contributed by atoms with Crippen molar-refractivity contribution in [2.45, 2.75) is 19.0 Å². The molecule has 2 aliphatic heterocycles. The number of aryl methyl sites for hydroxylation is 1. The number of hydrogen-bond donors (Lipinski definition) is 2. The zero-order valence-corrected chi connectivity index (χ0v) is 12.5. The van der Waals surface area contributed by atoms with Crippen LogP contribution < -0.4 is 10.6 Å². The van der Waals surface area contributed by atoms with Gasteiger partial charge in [0.25, 0.3) is 5.91 Å². The number of nitrogens with zero attached hydrogens (tertiary/aromatic N) is 4. The molecule has 3 heterocycles. The topological polar surface area (TPSA) is 75.1 Å². The van der Waals surface area contributed by atoms with Gasteiger partial charge in [0.15, 0.2) is 0 Å². The number of aromatic nitrogens is 3. The molecule has 23 heavy (non-hydrogen) atoms. The Bertz CT molecular complexity index is 699. The van der Waals surface area contributed by atoms with Crippen molar-refractivity contribution in [3.63, 3.8) is 0 Å². The molecular weight excluding hydrogens is 299 g/mol. The molecule has 1 amide bonds. The molecule has 0 unspecified atom stereocenters. The standard InChI is InChI=1S/C15H17FN6O/c16-10-2-4-11(5-3-10)18-12-8-21(9-12)14(23)13-19-15-17-6-1-7-22(15)20-13/h2-5,12,18H,1,6-9H2,(H,17,19,20). The summed E-state index contributed by atoms with van der Waals surface area (Å²) in [6.45, 7) is 2.83. The van der Waals surface area contributed by atoms with E-state index in [9.17, 15) is 9.18 Å². The number of hydrogen-bond acceptors (Lipinski definition) is 5. The van der Waals surface area contributed by atoms with E-state index in [1.807, 2.05) is 0 Å². The fraction of sp³-hybridized carbons (Fsp3) is 0.400. The highest BCUT2D eigenvalue weighted by Crippen LogP contribution is 2.19. The van der Waals surface area contributed by atoms with Crippen LogP contribution >= 0.6 is 0 Å². The maximum absolute atomic E-state index is 12.9. The second-order valence-corrected chi connectivity index (χ2v) is 5.82. The fourth-order valence-electron chi connectivity index (χ4n) is 2.81. The smallest absolute Gasteiger partial charge is 0.293 e. The first kappa shape index (κ1) is 14.0. The van der Waals surface area contributed by atoms with E-state index in [1.165, 1.54) is 12.1 Å². The summed E-state index contributed by atoms with van der Waals surface area (Å²) >= 11 is 0. The van der Waals surface area contributed by atoms with Gasteiger partial charge in [0, 0.05) is 31.9 Å². The molecule has 8 heteroatoms. The van der Waals surface area contributed by atoms with Gasteiger partial charge in [-0.2, -0.15) is 4.98 Å². The van der Waals surface area contributed by atoms with Crippen LogP contribution in [0, 0.1) is 5.82 Å². The molecule has 1 aromatic carbocycles. The molecule has 0 bridgehead atoms. The summed E-state index contributed by atoms with van der Waals surface area (Å²) in [5.74, 6) is 0.506. The molecule has 2 aliphatic rings. The molecule has 2 aromatic rings. The lowest BCUT2D eigenvalue weighted by Crippen LogP contribution is -2.57. The van der Waals surface area contributed by atoms with Crippen LogP contribution in [0.5, 0.6) is 0 Å². The Kier molecular flexibility index (Phi) is 3.36. The van der Waals surface area contributed by atoms with Gasteiger partial charge in [-0.25, -0.2) is 9.07 Å². The van der Waals surface area contributed by atoms with E-state index in [0.29, 0.717) is 19.0 Å². The first-order chi connectivity index (χ1) is 11.2. The Morgan fingerprint density at radius 1 is 1.30 bits per heavy atom. The average molecular weight is 316 g/mol. The zero-order chi connectivity index (χ0) is 15.8. The van der Waals surface area contributed by atoms with Crippen molar-refractivity contribution in [2.75, 3.05) is 30.3 Å². The molecule has 4 rings (SSSR count). The van der Waals surface area contributed by atoms with Gasteiger partial charge in [-0.3, -0.25) is 4.79 Å². The highest BCUT2D eigenvalue weighted by molar-refractivity contribution is 5.91. The summed E-state index contributed by atoms with van der Waals surface area (Å²) in [7, 11) is 0. The SMILES string of the molecule is O=C(c1nc2n(n1)CCCN2)N1CC(Nc2ccc(F)cc2)C1. The highest BCUT2D eigenvalue weighted by Gasteiger charge is 2.33. The fourth-order valence-corrected chi connectivity index (χ4v) is 2.81. The molecule has 7 nitrogen and oxygen atoms in total. The third kappa shape index (κ3) is 2.71. The Balaban J connectivity index is 1.35. The molecule has 1 fully saturated rings. The van der Waals surface area contributed by atoms with Gasteiger partial charge < -0.3 is 15.5 Å². The maximum atomic E-state index is 12.9. The van der Waals surface area contributed by atoms with E-state index in [2.05, 4.69) is 20.7 Å². The van der Waals surface area contributed by atoms with E-state index in [4.69, 9.17) is 0 Å². The summed E-state index contributed by atoms with van der Waals surface area (Å²) in [5.41, 5.74) is 0.850. The predicted octanol–water partition coefficient (Wildman–Crippen LogP) is 1.17. The van der Waals surface area contributed by atoms with Crippen molar-refractivity contribution in [1.82, 2.24) is 19.7 Å². The van der Waals surface area contributed by atoms with Crippen LogP contribution in [0.3, 0.4) is 0 Å². The Hall–Kier alpha value is -2.64. The molecule has 0 radical (unpaired) electrons. The molecule has 1 aromatic heterocycles. The number of nitrogens with one attached hydrogen (secondary N) is 2. The van der Waals surface area contributed by atoms with E-state index >= 15 is 0 Å². The summed E-state index contributed by atoms with van der Waals surface area (Å²) in [4.78, 5) is 18.3. The van der Waals surface area contributed by atoms with Crippen molar-refractivity contribution in [3.8, 4) is 0 Å². The van der Waals surface area contributed by atoms with Crippen molar-refractivity contribution >= 4 is 17.5 Å². The van der Waals surface area contributed by atoms with Gasteiger partial charge in [0.1, 0.15) is 5.82 Å². The van der Waals surface area contributed by atoms with Crippen LogP contribution in [0.15, 0.2) is 24.3 Å². The number of fused-ring (bicyclic) bond motifs is 1. The first-order valence-corrected chi connectivity index (χ1v) is 7.69. The second-order valence-electron chi connectivity index (χ2n) is 5.82. The number of anilines is 2. The molecule has 0 aliphatic carbocycles. The minimum absolute atomic E-state index is 0.147. The lowest BCUT2D eigenvalue weighted by Gasteiger charge is -2.39. The third-order valence-corrected chi connectivity index (χ3v) is 4.08. The van der Waals surface area contributed by atoms with Crippen LogP contribution in [0.1, 0.15) is 17.0 Å². The Morgan fingerprint density at radius 3 is 2.83 bits per heavy atom. The van der Waals surface area contributed by atoms with Gasteiger partial charge in [-0.15, -0.1) is 5.10 Å². The largest absolute Gasteiger partial charge is 0.379 e. The summed E-state index contributed by atoms with van der Waals surface area (Å²) < 4.78 is 14.6. The van der Waals surface area contributed by atoms with E-state index < -0.39 is 0 Å². The molecular formula is C15H17FN6O. The van der Waals surface area contributed by atoms with Crippen LogP contribution in [-0.4, -0.2) is 51.2 Å². The molecule has 0 saturated carbocycles. The number of likely N-dealkylation sites (tertiary alicyclic amines) is 1. The van der Waals surface area contributed by atoms with E-state index in [1.54, 1.807) is 21.7 Å². The van der Waals surface area contributed by atoms with E-state index in [0.717, 1.165) is 25.2 Å². The number of carbonyl (C=O) groups is 1. The number of benzene rings is 1. The lowest BCUT2D eigenvalue weighted by molar-refractivity contribution is 0.0612. The molecule has 0 atom stereocenters. The normalized spacial score (nSPS) is 17.2. The molecule has 2 N–H and O–H groups in total. The van der Waals surface area contributed by atoms with Crippen molar-refractivity contribution in [1.29, 1.82) is 0 Å². The minimum Gasteiger partial charge on any atom is -0.379 e. The maximum Gasteiger partial charge on any atom is 0.293 e.